The lowest BCUT2D eigenvalue weighted by atomic mass is 10.1. The van der Waals surface area contributed by atoms with Crippen LogP contribution in [-0.4, -0.2) is 27.4 Å². The second-order valence-electron chi connectivity index (χ2n) is 5.16. The number of anilines is 1. The molecular weight excluding hydrogens is 308 g/mol. The molecule has 0 saturated heterocycles. The Morgan fingerprint density at radius 1 is 0.917 bits per heavy atom. The zero-order valence-corrected chi connectivity index (χ0v) is 14.3. The molecule has 0 heterocycles. The van der Waals surface area contributed by atoms with E-state index in [9.17, 15) is 4.79 Å². The maximum Gasteiger partial charge on any atom is 0.319 e. The minimum absolute atomic E-state index is 0.143. The molecule has 0 spiro atoms. The summed E-state index contributed by atoms with van der Waals surface area (Å²) in [6, 6.07) is 12.3. The van der Waals surface area contributed by atoms with Crippen molar-refractivity contribution < 1.29 is 19.0 Å². The van der Waals surface area contributed by atoms with Crippen molar-refractivity contribution in [3.05, 3.63) is 48.0 Å². The third-order valence-electron chi connectivity index (χ3n) is 3.60. The zero-order chi connectivity index (χ0) is 17.5. The molecular formula is C18H22N2O4. The molecule has 2 N–H and O–H groups in total. The molecule has 6 heteroatoms. The van der Waals surface area contributed by atoms with Gasteiger partial charge in [-0.15, -0.1) is 0 Å². The van der Waals surface area contributed by atoms with E-state index in [1.54, 1.807) is 39.5 Å². The van der Waals surface area contributed by atoms with E-state index in [-0.39, 0.29) is 12.1 Å². The summed E-state index contributed by atoms with van der Waals surface area (Å²) in [6.45, 7) is 1.91. The van der Waals surface area contributed by atoms with Crippen molar-refractivity contribution in [3.63, 3.8) is 0 Å². The highest BCUT2D eigenvalue weighted by atomic mass is 16.5. The van der Waals surface area contributed by atoms with Gasteiger partial charge in [0.1, 0.15) is 5.75 Å². The highest BCUT2D eigenvalue weighted by Crippen LogP contribution is 2.29. The number of carbonyl (C=O) groups excluding carboxylic acids is 1. The predicted octanol–water partition coefficient (Wildman–Crippen LogP) is 3.60. The molecule has 1 unspecified atom stereocenters. The highest BCUT2D eigenvalue weighted by Gasteiger charge is 2.11. The van der Waals surface area contributed by atoms with E-state index in [0.29, 0.717) is 17.2 Å². The second kappa shape index (κ2) is 8.10. The van der Waals surface area contributed by atoms with Gasteiger partial charge in [0.25, 0.3) is 0 Å². The van der Waals surface area contributed by atoms with Crippen molar-refractivity contribution in [1.82, 2.24) is 5.32 Å². The van der Waals surface area contributed by atoms with Crippen LogP contribution in [-0.2, 0) is 0 Å². The Kier molecular flexibility index (Phi) is 5.89. The third kappa shape index (κ3) is 4.32. The van der Waals surface area contributed by atoms with Crippen LogP contribution in [0.3, 0.4) is 0 Å². The van der Waals surface area contributed by atoms with E-state index in [1.807, 2.05) is 31.2 Å². The Balaban J connectivity index is 1.99. The summed E-state index contributed by atoms with van der Waals surface area (Å²) >= 11 is 0. The molecule has 1 atom stereocenters. The molecule has 0 aliphatic rings. The van der Waals surface area contributed by atoms with E-state index in [4.69, 9.17) is 14.2 Å². The van der Waals surface area contributed by atoms with Crippen molar-refractivity contribution in [2.45, 2.75) is 13.0 Å². The standard InChI is InChI=1S/C18H22N2O4/c1-12(13-5-8-15(22-2)9-6-13)19-18(21)20-14-7-10-16(23-3)17(11-14)24-4/h5-12H,1-4H3,(H2,19,20,21). The Bertz CT molecular complexity index is 686. The first kappa shape index (κ1) is 17.5. The molecule has 128 valence electrons. The number of rotatable bonds is 6. The molecule has 2 rings (SSSR count). The third-order valence-corrected chi connectivity index (χ3v) is 3.60. The van der Waals surface area contributed by atoms with E-state index in [2.05, 4.69) is 10.6 Å². The van der Waals surface area contributed by atoms with E-state index < -0.39 is 0 Å². The topological polar surface area (TPSA) is 68.8 Å². The highest BCUT2D eigenvalue weighted by molar-refractivity contribution is 5.89. The second-order valence-corrected chi connectivity index (χ2v) is 5.16. The lowest BCUT2D eigenvalue weighted by molar-refractivity contribution is 0.249. The summed E-state index contributed by atoms with van der Waals surface area (Å²) in [5.74, 6) is 1.94. The molecule has 0 aliphatic carbocycles. The lowest BCUT2D eigenvalue weighted by Crippen LogP contribution is -2.31. The predicted molar refractivity (Wildman–Crippen MR) is 93.1 cm³/mol. The van der Waals surface area contributed by atoms with Crippen molar-refractivity contribution >= 4 is 11.7 Å². The molecule has 0 radical (unpaired) electrons. The molecule has 2 aromatic rings. The van der Waals surface area contributed by atoms with Crippen LogP contribution in [0.15, 0.2) is 42.5 Å². The zero-order valence-electron chi connectivity index (χ0n) is 14.3. The number of benzene rings is 2. The molecule has 24 heavy (non-hydrogen) atoms. The normalized spacial score (nSPS) is 11.3. The average Bonchev–Trinajstić information content (AvgIpc) is 2.61. The Hall–Kier alpha value is -2.89. The number of amides is 2. The van der Waals surface area contributed by atoms with Crippen molar-refractivity contribution in [2.24, 2.45) is 0 Å². The van der Waals surface area contributed by atoms with E-state index in [0.717, 1.165) is 11.3 Å². The van der Waals surface area contributed by atoms with Gasteiger partial charge in [-0.25, -0.2) is 4.79 Å². The van der Waals surface area contributed by atoms with Gasteiger partial charge in [0.05, 0.1) is 27.4 Å². The molecule has 2 amide bonds. The van der Waals surface area contributed by atoms with Gasteiger partial charge >= 0.3 is 6.03 Å². The van der Waals surface area contributed by atoms with E-state index in [1.165, 1.54) is 0 Å². The summed E-state index contributed by atoms with van der Waals surface area (Å²) in [4.78, 5) is 12.2. The fourth-order valence-electron chi connectivity index (χ4n) is 2.25. The molecule has 0 aliphatic heterocycles. The number of urea groups is 1. The number of nitrogens with one attached hydrogen (secondary N) is 2. The summed E-state index contributed by atoms with van der Waals surface area (Å²) in [5.41, 5.74) is 1.60. The smallest absolute Gasteiger partial charge is 0.319 e. The number of hydrogen-bond donors (Lipinski definition) is 2. The van der Waals surface area contributed by atoms with Crippen LogP contribution >= 0.6 is 0 Å². The first-order valence-corrected chi connectivity index (χ1v) is 7.51. The summed E-state index contributed by atoms with van der Waals surface area (Å²) in [5, 5.41) is 5.67. The fourth-order valence-corrected chi connectivity index (χ4v) is 2.25. The Labute approximate surface area is 141 Å². The van der Waals surface area contributed by atoms with Crippen molar-refractivity contribution in [1.29, 1.82) is 0 Å². The first-order valence-electron chi connectivity index (χ1n) is 7.51. The maximum absolute atomic E-state index is 12.2. The van der Waals surface area contributed by atoms with Gasteiger partial charge in [0.15, 0.2) is 11.5 Å². The quantitative estimate of drug-likeness (QED) is 0.849. The van der Waals surface area contributed by atoms with Gasteiger partial charge in [-0.2, -0.15) is 0 Å². The van der Waals surface area contributed by atoms with Gasteiger partial charge in [0, 0.05) is 11.8 Å². The monoisotopic (exact) mass is 330 g/mol. The summed E-state index contributed by atoms with van der Waals surface area (Å²) in [7, 11) is 4.73. The van der Waals surface area contributed by atoms with Crippen LogP contribution in [0.1, 0.15) is 18.5 Å². The minimum atomic E-state index is -0.300. The maximum atomic E-state index is 12.2. The minimum Gasteiger partial charge on any atom is -0.497 e. The number of ether oxygens (including phenoxy) is 3. The van der Waals surface area contributed by atoms with Crippen LogP contribution in [0.25, 0.3) is 0 Å². The van der Waals surface area contributed by atoms with Gasteiger partial charge in [-0.3, -0.25) is 0 Å². The van der Waals surface area contributed by atoms with Crippen LogP contribution in [0.5, 0.6) is 17.2 Å². The molecule has 0 aromatic heterocycles. The van der Waals surface area contributed by atoms with Crippen LogP contribution in [0, 0.1) is 0 Å². The number of hydrogen-bond acceptors (Lipinski definition) is 4. The molecule has 0 bridgehead atoms. The number of methoxy groups -OCH3 is 3. The largest absolute Gasteiger partial charge is 0.497 e. The average molecular weight is 330 g/mol. The summed E-state index contributed by atoms with van der Waals surface area (Å²) in [6.07, 6.45) is 0. The van der Waals surface area contributed by atoms with Gasteiger partial charge in [0.2, 0.25) is 0 Å². The Morgan fingerprint density at radius 3 is 2.17 bits per heavy atom. The molecule has 6 nitrogen and oxygen atoms in total. The van der Waals surface area contributed by atoms with Crippen LogP contribution in [0.2, 0.25) is 0 Å². The van der Waals surface area contributed by atoms with Gasteiger partial charge < -0.3 is 24.8 Å². The Morgan fingerprint density at radius 2 is 1.58 bits per heavy atom. The van der Waals surface area contributed by atoms with Crippen molar-refractivity contribution in [2.75, 3.05) is 26.6 Å². The lowest BCUT2D eigenvalue weighted by Gasteiger charge is -2.16. The van der Waals surface area contributed by atoms with Gasteiger partial charge in [-0.1, -0.05) is 12.1 Å². The number of carbonyl (C=O) groups is 1. The van der Waals surface area contributed by atoms with E-state index >= 15 is 0 Å². The van der Waals surface area contributed by atoms with Crippen LogP contribution in [0.4, 0.5) is 10.5 Å². The summed E-state index contributed by atoms with van der Waals surface area (Å²) < 4.78 is 15.5. The van der Waals surface area contributed by atoms with Crippen LogP contribution < -0.4 is 24.8 Å². The molecule has 0 fully saturated rings. The molecule has 2 aromatic carbocycles. The SMILES string of the molecule is COc1ccc(C(C)NC(=O)Nc2ccc(OC)c(OC)c2)cc1. The molecule has 0 saturated carbocycles. The van der Waals surface area contributed by atoms with Gasteiger partial charge in [-0.05, 0) is 36.8 Å². The first-order chi connectivity index (χ1) is 11.6. The fraction of sp³-hybridized carbons (Fsp3) is 0.278. The van der Waals surface area contributed by atoms with Crippen molar-refractivity contribution in [3.8, 4) is 17.2 Å².